The molecule has 136 valence electrons. The number of hydrogen-bond donors (Lipinski definition) is 1. The number of cyclic esters (lactones) is 1. The predicted molar refractivity (Wildman–Crippen MR) is 93.2 cm³/mol. The third-order valence-electron chi connectivity index (χ3n) is 4.49. The van der Waals surface area contributed by atoms with E-state index in [1.54, 1.807) is 21.9 Å². The summed E-state index contributed by atoms with van der Waals surface area (Å²) in [7, 11) is 0. The molecule has 3 heterocycles. The number of nitrogens with zero attached hydrogens (tertiary/aromatic N) is 3. The first kappa shape index (κ1) is 16.8. The van der Waals surface area contributed by atoms with Crippen molar-refractivity contribution >= 4 is 23.5 Å². The summed E-state index contributed by atoms with van der Waals surface area (Å²) in [5.74, 6) is -0.286. The van der Waals surface area contributed by atoms with Crippen LogP contribution in [0, 0.1) is 5.82 Å². The van der Waals surface area contributed by atoms with Gasteiger partial charge in [0, 0.05) is 30.6 Å². The summed E-state index contributed by atoms with van der Waals surface area (Å²) >= 11 is 1.44. The fourth-order valence-electron chi connectivity index (χ4n) is 3.08. The van der Waals surface area contributed by atoms with Crippen molar-refractivity contribution in [2.45, 2.75) is 12.6 Å². The predicted octanol–water partition coefficient (Wildman–Crippen LogP) is 2.30. The van der Waals surface area contributed by atoms with Crippen molar-refractivity contribution in [3.05, 3.63) is 40.5 Å². The molecule has 1 N–H and O–H groups in total. The van der Waals surface area contributed by atoms with E-state index in [0.717, 1.165) is 16.3 Å². The number of urea groups is 1. The average Bonchev–Trinajstić information content (AvgIpc) is 3.27. The lowest BCUT2D eigenvalue weighted by molar-refractivity contribution is 0.127. The van der Waals surface area contributed by atoms with Gasteiger partial charge in [-0.05, 0) is 24.3 Å². The van der Waals surface area contributed by atoms with E-state index in [9.17, 15) is 14.0 Å². The average molecular weight is 376 g/mol. The Morgan fingerprint density at radius 1 is 1.35 bits per heavy atom. The minimum atomic E-state index is -0.300. The Labute approximate surface area is 153 Å². The molecule has 2 saturated heterocycles. The molecule has 0 bridgehead atoms. The molecular formula is C17H17FN4O3S. The van der Waals surface area contributed by atoms with Crippen LogP contribution in [0.3, 0.4) is 0 Å². The quantitative estimate of drug-likeness (QED) is 0.892. The van der Waals surface area contributed by atoms with Crippen LogP contribution < -0.4 is 5.32 Å². The number of benzene rings is 1. The lowest BCUT2D eigenvalue weighted by Crippen LogP contribution is -2.55. The van der Waals surface area contributed by atoms with Gasteiger partial charge in [-0.3, -0.25) is 4.90 Å². The molecule has 0 radical (unpaired) electrons. The number of amides is 3. The Morgan fingerprint density at radius 3 is 2.96 bits per heavy atom. The largest absolute Gasteiger partial charge is 0.447 e. The van der Waals surface area contributed by atoms with Crippen molar-refractivity contribution < 1.29 is 18.7 Å². The van der Waals surface area contributed by atoms with Crippen LogP contribution in [0.15, 0.2) is 29.6 Å². The number of ether oxygens (including phenoxy) is 1. The van der Waals surface area contributed by atoms with E-state index >= 15 is 0 Å². The number of carbonyl (C=O) groups excluding carboxylic acids is 2. The molecule has 2 fully saturated rings. The number of rotatable bonds is 3. The second kappa shape index (κ2) is 6.91. The second-order valence-electron chi connectivity index (χ2n) is 6.16. The van der Waals surface area contributed by atoms with E-state index in [-0.39, 0.29) is 24.0 Å². The highest BCUT2D eigenvalue weighted by Gasteiger charge is 2.38. The zero-order valence-corrected chi connectivity index (χ0v) is 14.7. The fourth-order valence-corrected chi connectivity index (χ4v) is 3.82. The number of carbonyl (C=O) groups is 2. The molecule has 3 amide bonds. The molecule has 1 atom stereocenters. The number of fused-ring (bicyclic) bond motifs is 1. The van der Waals surface area contributed by atoms with Crippen LogP contribution in [0.1, 0.15) is 5.01 Å². The first-order valence-corrected chi connectivity index (χ1v) is 9.14. The van der Waals surface area contributed by atoms with Gasteiger partial charge in [0.25, 0.3) is 0 Å². The van der Waals surface area contributed by atoms with E-state index in [0.29, 0.717) is 32.8 Å². The third-order valence-corrected chi connectivity index (χ3v) is 5.34. The summed E-state index contributed by atoms with van der Waals surface area (Å²) in [5.41, 5.74) is 1.59. The lowest BCUT2D eigenvalue weighted by atomic mass is 10.2. The first-order chi connectivity index (χ1) is 12.6. The number of piperazine rings is 1. The summed E-state index contributed by atoms with van der Waals surface area (Å²) in [5, 5.41) is 5.52. The van der Waals surface area contributed by atoms with Crippen molar-refractivity contribution in [1.29, 1.82) is 0 Å². The summed E-state index contributed by atoms with van der Waals surface area (Å²) in [6.07, 6.45) is -0.300. The molecule has 2 aliphatic heterocycles. The summed E-state index contributed by atoms with van der Waals surface area (Å²) in [4.78, 5) is 31.7. The number of hydrogen-bond acceptors (Lipinski definition) is 5. The number of aromatic nitrogens is 1. The number of nitrogens with one attached hydrogen (secondary N) is 1. The summed E-state index contributed by atoms with van der Waals surface area (Å²) in [6.45, 7) is 2.09. The van der Waals surface area contributed by atoms with Gasteiger partial charge in [-0.15, -0.1) is 11.3 Å². The molecule has 7 nitrogen and oxygen atoms in total. The highest BCUT2D eigenvalue weighted by Crippen LogP contribution is 2.22. The molecule has 4 rings (SSSR count). The zero-order valence-electron chi connectivity index (χ0n) is 13.9. The summed E-state index contributed by atoms with van der Waals surface area (Å²) < 4.78 is 18.0. The molecule has 1 aromatic carbocycles. The Hall–Kier alpha value is -2.68. The molecule has 0 saturated carbocycles. The van der Waals surface area contributed by atoms with Gasteiger partial charge < -0.3 is 15.0 Å². The topological polar surface area (TPSA) is 74.8 Å². The smallest absolute Gasteiger partial charge is 0.410 e. The molecular weight excluding hydrogens is 359 g/mol. The van der Waals surface area contributed by atoms with E-state index in [1.807, 2.05) is 5.38 Å². The van der Waals surface area contributed by atoms with Gasteiger partial charge in [0.2, 0.25) is 0 Å². The van der Waals surface area contributed by atoms with Crippen molar-refractivity contribution in [3.63, 3.8) is 0 Å². The standard InChI is InChI=1S/C17H17FN4O3S/c18-12-3-1-11(2-4-12)14-10-26-15(20-14)7-19-16(23)21-5-6-22-13(8-21)9-25-17(22)24/h1-4,10,13H,5-9H2,(H,19,23)/t13-/m0/s1. The SMILES string of the molecule is O=C(NCc1nc(-c2ccc(F)cc2)cs1)N1CCN2C(=O)OC[C@@H]2C1. The highest BCUT2D eigenvalue weighted by molar-refractivity contribution is 7.09. The Morgan fingerprint density at radius 2 is 2.15 bits per heavy atom. The maximum absolute atomic E-state index is 13.0. The molecule has 0 spiro atoms. The Kier molecular flexibility index (Phi) is 4.46. The minimum absolute atomic E-state index is 0.0630. The van der Waals surface area contributed by atoms with Crippen molar-refractivity contribution in [3.8, 4) is 11.3 Å². The van der Waals surface area contributed by atoms with Crippen LogP contribution >= 0.6 is 11.3 Å². The van der Waals surface area contributed by atoms with Gasteiger partial charge >= 0.3 is 12.1 Å². The highest BCUT2D eigenvalue weighted by atomic mass is 32.1. The van der Waals surface area contributed by atoms with Crippen LogP contribution in [0.4, 0.5) is 14.0 Å². The van der Waals surface area contributed by atoms with Crippen LogP contribution in [-0.4, -0.2) is 59.2 Å². The Balaban J connectivity index is 1.32. The molecule has 2 aromatic rings. The summed E-state index contributed by atoms with van der Waals surface area (Å²) in [6, 6.07) is 5.91. The van der Waals surface area contributed by atoms with Gasteiger partial charge in [-0.2, -0.15) is 0 Å². The van der Waals surface area contributed by atoms with E-state index in [1.165, 1.54) is 23.5 Å². The van der Waals surface area contributed by atoms with Gasteiger partial charge in [0.05, 0.1) is 18.3 Å². The molecule has 26 heavy (non-hydrogen) atoms. The van der Waals surface area contributed by atoms with Crippen LogP contribution in [0.5, 0.6) is 0 Å². The lowest BCUT2D eigenvalue weighted by Gasteiger charge is -2.35. The minimum Gasteiger partial charge on any atom is -0.447 e. The third kappa shape index (κ3) is 3.34. The number of thiazole rings is 1. The van der Waals surface area contributed by atoms with Gasteiger partial charge in [-0.25, -0.2) is 19.0 Å². The van der Waals surface area contributed by atoms with E-state index in [4.69, 9.17) is 4.74 Å². The normalized spacial score (nSPS) is 19.3. The number of halogens is 1. The van der Waals surface area contributed by atoms with E-state index < -0.39 is 0 Å². The Bertz CT molecular complexity index is 826. The van der Waals surface area contributed by atoms with Crippen molar-refractivity contribution in [2.75, 3.05) is 26.2 Å². The molecule has 2 aliphatic rings. The zero-order chi connectivity index (χ0) is 18.1. The van der Waals surface area contributed by atoms with E-state index in [2.05, 4.69) is 10.3 Å². The molecule has 0 unspecified atom stereocenters. The fraction of sp³-hybridized carbons (Fsp3) is 0.353. The maximum atomic E-state index is 13.0. The van der Waals surface area contributed by atoms with Gasteiger partial charge in [0.1, 0.15) is 17.4 Å². The maximum Gasteiger partial charge on any atom is 0.410 e. The second-order valence-corrected chi connectivity index (χ2v) is 7.10. The van der Waals surface area contributed by atoms with Gasteiger partial charge in [-0.1, -0.05) is 0 Å². The van der Waals surface area contributed by atoms with Crippen LogP contribution in [0.25, 0.3) is 11.3 Å². The van der Waals surface area contributed by atoms with Crippen molar-refractivity contribution in [2.24, 2.45) is 0 Å². The first-order valence-electron chi connectivity index (χ1n) is 8.26. The van der Waals surface area contributed by atoms with Gasteiger partial charge in [0.15, 0.2) is 0 Å². The monoisotopic (exact) mass is 376 g/mol. The van der Waals surface area contributed by atoms with Crippen LogP contribution in [-0.2, 0) is 11.3 Å². The molecule has 1 aromatic heterocycles. The van der Waals surface area contributed by atoms with Crippen molar-refractivity contribution in [1.82, 2.24) is 20.1 Å². The molecule has 0 aliphatic carbocycles. The van der Waals surface area contributed by atoms with Crippen LogP contribution in [0.2, 0.25) is 0 Å². The molecule has 9 heteroatoms.